The van der Waals surface area contributed by atoms with E-state index >= 15 is 0 Å². The van der Waals surface area contributed by atoms with Gasteiger partial charge < -0.3 is 5.73 Å². The Labute approximate surface area is 101 Å². The number of rotatable bonds is 3. The highest BCUT2D eigenvalue weighted by molar-refractivity contribution is 9.10. The molecule has 2 heteroatoms. The maximum absolute atomic E-state index is 6.08. The highest BCUT2D eigenvalue weighted by Gasteiger charge is 2.27. The summed E-state index contributed by atoms with van der Waals surface area (Å²) in [5.41, 5.74) is 7.41. The van der Waals surface area contributed by atoms with E-state index in [-0.39, 0.29) is 11.0 Å². The van der Waals surface area contributed by atoms with Gasteiger partial charge in [-0.25, -0.2) is 0 Å². The number of hydrogen-bond donors (Lipinski definition) is 1. The topological polar surface area (TPSA) is 26.0 Å². The Kier molecular flexibility index (Phi) is 3.62. The van der Waals surface area contributed by atoms with Gasteiger partial charge in [0.1, 0.15) is 0 Å². The molecule has 0 spiro atoms. The monoisotopic (exact) mass is 269 g/mol. The third kappa shape index (κ3) is 3.96. The first-order chi connectivity index (χ1) is 6.71. The molecule has 84 valence electrons. The van der Waals surface area contributed by atoms with Gasteiger partial charge >= 0.3 is 0 Å². The van der Waals surface area contributed by atoms with Gasteiger partial charge in [-0.3, -0.25) is 0 Å². The Morgan fingerprint density at radius 1 is 1.07 bits per heavy atom. The van der Waals surface area contributed by atoms with E-state index in [0.29, 0.717) is 0 Å². The van der Waals surface area contributed by atoms with Crippen LogP contribution in [0.25, 0.3) is 0 Å². The number of benzene rings is 1. The molecule has 0 unspecified atom stereocenters. The summed E-state index contributed by atoms with van der Waals surface area (Å²) in [4.78, 5) is 0. The lowest BCUT2D eigenvalue weighted by Gasteiger charge is -2.32. The van der Waals surface area contributed by atoms with Gasteiger partial charge in [0.25, 0.3) is 0 Å². The van der Waals surface area contributed by atoms with Crippen LogP contribution in [-0.4, -0.2) is 5.54 Å². The van der Waals surface area contributed by atoms with Gasteiger partial charge in [0, 0.05) is 10.0 Å². The molecule has 0 saturated carbocycles. The molecule has 0 aliphatic carbocycles. The van der Waals surface area contributed by atoms with Gasteiger partial charge in [-0.2, -0.15) is 0 Å². The van der Waals surface area contributed by atoms with E-state index in [2.05, 4.69) is 67.9 Å². The second kappa shape index (κ2) is 4.26. The highest BCUT2D eigenvalue weighted by atomic mass is 79.9. The fraction of sp³-hybridized carbons (Fsp3) is 0.538. The van der Waals surface area contributed by atoms with Crippen LogP contribution in [0.3, 0.4) is 0 Å². The summed E-state index contributed by atoms with van der Waals surface area (Å²) in [5.74, 6) is 0. The summed E-state index contributed by atoms with van der Waals surface area (Å²) in [6, 6.07) is 8.49. The molecule has 1 aromatic carbocycles. The molecule has 0 heterocycles. The van der Waals surface area contributed by atoms with Crippen molar-refractivity contribution in [2.75, 3.05) is 0 Å². The Hall–Kier alpha value is -0.340. The largest absolute Gasteiger partial charge is 0.326 e. The summed E-state index contributed by atoms with van der Waals surface area (Å²) in [6.07, 6.45) is 0.974. The van der Waals surface area contributed by atoms with Gasteiger partial charge in [-0.15, -0.1) is 0 Å². The molecular formula is C13H20BrN. The highest BCUT2D eigenvalue weighted by Crippen LogP contribution is 2.31. The van der Waals surface area contributed by atoms with E-state index in [0.717, 1.165) is 10.9 Å². The van der Waals surface area contributed by atoms with Gasteiger partial charge in [0.05, 0.1) is 0 Å². The van der Waals surface area contributed by atoms with E-state index in [1.165, 1.54) is 5.56 Å². The van der Waals surface area contributed by atoms with E-state index in [9.17, 15) is 0 Å². The quantitative estimate of drug-likeness (QED) is 0.886. The van der Waals surface area contributed by atoms with Crippen molar-refractivity contribution < 1.29 is 0 Å². The summed E-state index contributed by atoms with van der Waals surface area (Å²) in [6.45, 7) is 8.64. The average molecular weight is 270 g/mol. The van der Waals surface area contributed by atoms with Crippen LogP contribution in [0.2, 0.25) is 0 Å². The lowest BCUT2D eigenvalue weighted by molar-refractivity contribution is 0.350. The van der Waals surface area contributed by atoms with Crippen LogP contribution in [0.1, 0.15) is 39.7 Å². The lowest BCUT2D eigenvalue weighted by Crippen LogP contribution is -2.39. The first-order valence-electron chi connectivity index (χ1n) is 5.26. The van der Waals surface area contributed by atoms with Gasteiger partial charge in [-0.1, -0.05) is 41.9 Å². The molecule has 1 nitrogen and oxygen atoms in total. The van der Waals surface area contributed by atoms with Crippen molar-refractivity contribution in [3.05, 3.63) is 34.3 Å². The summed E-state index contributed by atoms with van der Waals surface area (Å²) >= 11 is 3.45. The molecule has 0 aliphatic heterocycles. The van der Waals surface area contributed by atoms with Crippen molar-refractivity contribution in [2.45, 2.75) is 45.1 Å². The zero-order valence-corrected chi connectivity index (χ0v) is 11.6. The minimum atomic E-state index is -0.128. The first kappa shape index (κ1) is 12.7. The van der Waals surface area contributed by atoms with Gasteiger partial charge in [0.2, 0.25) is 0 Å². The molecule has 0 bridgehead atoms. The third-order valence-electron chi connectivity index (χ3n) is 2.52. The van der Waals surface area contributed by atoms with Crippen molar-refractivity contribution in [3.63, 3.8) is 0 Å². The second-order valence-electron chi connectivity index (χ2n) is 5.56. The molecule has 0 radical (unpaired) electrons. The van der Waals surface area contributed by atoms with Crippen molar-refractivity contribution in [2.24, 2.45) is 5.73 Å². The fourth-order valence-electron chi connectivity index (χ4n) is 2.14. The first-order valence-corrected chi connectivity index (χ1v) is 6.05. The SMILES string of the molecule is CC(C)(N)CC(C)(C)c1ccc(Br)cc1. The summed E-state index contributed by atoms with van der Waals surface area (Å²) in [7, 11) is 0. The number of nitrogens with two attached hydrogens (primary N) is 1. The van der Waals surface area contributed by atoms with Gasteiger partial charge in [-0.05, 0) is 43.4 Å². The van der Waals surface area contributed by atoms with Crippen LogP contribution < -0.4 is 5.73 Å². The predicted molar refractivity (Wildman–Crippen MR) is 70.1 cm³/mol. The Morgan fingerprint density at radius 3 is 1.93 bits per heavy atom. The normalized spacial score (nSPS) is 12.9. The number of hydrogen-bond acceptors (Lipinski definition) is 1. The van der Waals surface area contributed by atoms with E-state index < -0.39 is 0 Å². The molecule has 0 fully saturated rings. The molecular weight excluding hydrogens is 250 g/mol. The molecule has 0 aromatic heterocycles. The maximum Gasteiger partial charge on any atom is 0.0175 e. The van der Waals surface area contributed by atoms with Gasteiger partial charge in [0.15, 0.2) is 0 Å². The molecule has 0 atom stereocenters. The summed E-state index contributed by atoms with van der Waals surface area (Å²) < 4.78 is 1.12. The van der Waals surface area contributed by atoms with E-state index in [4.69, 9.17) is 5.73 Å². The van der Waals surface area contributed by atoms with Crippen LogP contribution >= 0.6 is 15.9 Å². The Bertz CT molecular complexity index is 319. The molecule has 2 N–H and O–H groups in total. The summed E-state index contributed by atoms with van der Waals surface area (Å²) in [5, 5.41) is 0. The Balaban J connectivity index is 2.90. The van der Waals surface area contributed by atoms with Crippen LogP contribution in [0.15, 0.2) is 28.7 Å². The van der Waals surface area contributed by atoms with Crippen LogP contribution in [0, 0.1) is 0 Å². The smallest absolute Gasteiger partial charge is 0.0175 e. The minimum Gasteiger partial charge on any atom is -0.326 e. The van der Waals surface area contributed by atoms with Crippen LogP contribution in [0.5, 0.6) is 0 Å². The fourth-order valence-corrected chi connectivity index (χ4v) is 2.41. The molecule has 1 aromatic rings. The standard InChI is InChI=1S/C13H20BrN/c1-12(2,9-13(3,4)15)10-5-7-11(14)8-6-10/h5-8H,9,15H2,1-4H3. The molecule has 15 heavy (non-hydrogen) atoms. The van der Waals surface area contributed by atoms with E-state index in [1.54, 1.807) is 0 Å². The van der Waals surface area contributed by atoms with Crippen molar-refractivity contribution >= 4 is 15.9 Å². The van der Waals surface area contributed by atoms with Crippen LogP contribution in [0.4, 0.5) is 0 Å². The van der Waals surface area contributed by atoms with E-state index in [1.807, 2.05) is 0 Å². The Morgan fingerprint density at radius 2 is 1.53 bits per heavy atom. The lowest BCUT2D eigenvalue weighted by atomic mass is 9.75. The molecule has 0 saturated heterocycles. The van der Waals surface area contributed by atoms with Crippen molar-refractivity contribution in [3.8, 4) is 0 Å². The van der Waals surface area contributed by atoms with Crippen molar-refractivity contribution in [1.29, 1.82) is 0 Å². The average Bonchev–Trinajstić information content (AvgIpc) is 2.00. The maximum atomic E-state index is 6.08. The molecule has 1 rings (SSSR count). The minimum absolute atomic E-state index is 0.124. The second-order valence-corrected chi connectivity index (χ2v) is 6.47. The zero-order valence-electron chi connectivity index (χ0n) is 9.97. The third-order valence-corrected chi connectivity index (χ3v) is 3.05. The van der Waals surface area contributed by atoms with Crippen molar-refractivity contribution in [1.82, 2.24) is 0 Å². The van der Waals surface area contributed by atoms with Crippen LogP contribution in [-0.2, 0) is 5.41 Å². The molecule has 0 aliphatic rings. The predicted octanol–water partition coefficient (Wildman–Crippen LogP) is 3.85. The zero-order chi connectivity index (χ0) is 11.7. The molecule has 0 amide bonds. The number of halogens is 1.